The highest BCUT2D eigenvalue weighted by atomic mass is 32.1. The Morgan fingerprint density at radius 3 is 3.05 bits per heavy atom. The van der Waals surface area contributed by atoms with E-state index in [1.165, 1.54) is 16.4 Å². The lowest BCUT2D eigenvalue weighted by molar-refractivity contribution is 0.643. The van der Waals surface area contributed by atoms with E-state index in [1.54, 1.807) is 15.3 Å². The maximum absolute atomic E-state index is 12.4. The van der Waals surface area contributed by atoms with Crippen LogP contribution in [0.2, 0.25) is 0 Å². The number of fused-ring (bicyclic) bond motifs is 2. The number of benzene rings is 1. The molecule has 0 saturated carbocycles. The van der Waals surface area contributed by atoms with E-state index in [0.717, 1.165) is 40.4 Å². The monoisotopic (exact) mass is 289 g/mol. The highest BCUT2D eigenvalue weighted by Gasteiger charge is 2.18. The maximum Gasteiger partial charge on any atom is 0.275 e. The lowest BCUT2D eigenvalue weighted by Gasteiger charge is -2.09. The van der Waals surface area contributed by atoms with Crippen molar-refractivity contribution in [2.45, 2.75) is 13.0 Å². The Bertz CT molecular complexity index is 791. The highest BCUT2D eigenvalue weighted by Crippen LogP contribution is 2.27. The summed E-state index contributed by atoms with van der Waals surface area (Å²) in [6.45, 7) is 1.84. The van der Waals surface area contributed by atoms with E-state index >= 15 is 0 Å². The number of nitrogens with one attached hydrogen (secondary N) is 1. The van der Waals surface area contributed by atoms with Crippen molar-refractivity contribution in [2.75, 3.05) is 6.54 Å². The normalized spacial score (nSPS) is 14.7. The van der Waals surface area contributed by atoms with Crippen LogP contribution in [0.5, 0.6) is 0 Å². The third-order valence-electron chi connectivity index (χ3n) is 3.26. The Balaban J connectivity index is 1.92. The van der Waals surface area contributed by atoms with Crippen LogP contribution >= 0.6 is 22.9 Å². The maximum atomic E-state index is 12.4. The van der Waals surface area contributed by atoms with E-state index in [1.807, 2.05) is 24.3 Å². The van der Waals surface area contributed by atoms with Gasteiger partial charge in [0.2, 0.25) is 5.13 Å². The molecule has 3 aromatic rings. The molecule has 1 aromatic carbocycles. The highest BCUT2D eigenvalue weighted by molar-refractivity contribution is 7.18. The van der Waals surface area contributed by atoms with Crippen molar-refractivity contribution in [2.24, 2.45) is 0 Å². The summed E-state index contributed by atoms with van der Waals surface area (Å²) in [6.07, 6.45) is 0.950. The van der Waals surface area contributed by atoms with Gasteiger partial charge < -0.3 is 5.32 Å². The van der Waals surface area contributed by atoms with Crippen LogP contribution in [0.15, 0.2) is 29.1 Å². The van der Waals surface area contributed by atoms with Crippen molar-refractivity contribution >= 4 is 33.0 Å². The standard InChI is InChI=1S/C13H11N3OS2/c17-12-8-3-1-2-4-10(8)19-16(12)13-15-9-5-6-14-7-11(9)18-13/h1-4,14H,5-7H2. The zero-order valence-corrected chi connectivity index (χ0v) is 11.7. The number of nitrogens with zero attached hydrogens (tertiary/aromatic N) is 2. The summed E-state index contributed by atoms with van der Waals surface area (Å²) < 4.78 is 2.73. The molecular weight excluding hydrogens is 278 g/mol. The van der Waals surface area contributed by atoms with Crippen molar-refractivity contribution in [1.29, 1.82) is 0 Å². The number of rotatable bonds is 1. The molecule has 0 spiro atoms. The number of aromatic nitrogens is 2. The van der Waals surface area contributed by atoms with Crippen molar-refractivity contribution in [3.63, 3.8) is 0 Å². The molecule has 1 N–H and O–H groups in total. The summed E-state index contributed by atoms with van der Waals surface area (Å²) in [5.41, 5.74) is 1.18. The zero-order valence-electron chi connectivity index (χ0n) is 10.0. The Morgan fingerprint density at radius 1 is 1.32 bits per heavy atom. The molecular formula is C13H11N3OS2. The summed E-state index contributed by atoms with van der Waals surface area (Å²) in [5.74, 6) is 0. The molecule has 2 aromatic heterocycles. The van der Waals surface area contributed by atoms with E-state index in [-0.39, 0.29) is 5.56 Å². The topological polar surface area (TPSA) is 46.9 Å². The Morgan fingerprint density at radius 2 is 2.21 bits per heavy atom. The molecule has 96 valence electrons. The van der Waals surface area contributed by atoms with E-state index in [4.69, 9.17) is 0 Å². The molecule has 1 aliphatic rings. The molecule has 4 nitrogen and oxygen atoms in total. The average Bonchev–Trinajstić information content (AvgIpc) is 3.00. The van der Waals surface area contributed by atoms with Crippen LogP contribution in [-0.2, 0) is 13.0 Å². The first-order valence-corrected chi connectivity index (χ1v) is 7.72. The molecule has 19 heavy (non-hydrogen) atoms. The lowest BCUT2D eigenvalue weighted by Crippen LogP contribution is -2.22. The summed E-state index contributed by atoms with van der Waals surface area (Å²) in [7, 11) is 0. The number of hydrogen-bond acceptors (Lipinski definition) is 5. The molecule has 0 aliphatic carbocycles. The first-order chi connectivity index (χ1) is 9.33. The molecule has 0 bridgehead atoms. The minimum Gasteiger partial charge on any atom is -0.311 e. The fourth-order valence-corrected chi connectivity index (χ4v) is 4.39. The second kappa shape index (κ2) is 4.26. The quantitative estimate of drug-likeness (QED) is 0.747. The van der Waals surface area contributed by atoms with Gasteiger partial charge in [0.15, 0.2) is 0 Å². The van der Waals surface area contributed by atoms with Gasteiger partial charge in [-0.25, -0.2) is 8.94 Å². The van der Waals surface area contributed by atoms with Gasteiger partial charge in [0.1, 0.15) is 0 Å². The van der Waals surface area contributed by atoms with Gasteiger partial charge in [-0.3, -0.25) is 4.79 Å². The predicted octanol–water partition coefficient (Wildman–Crippen LogP) is 2.15. The summed E-state index contributed by atoms with van der Waals surface area (Å²) in [6, 6.07) is 7.71. The Kier molecular flexibility index (Phi) is 2.54. The summed E-state index contributed by atoms with van der Waals surface area (Å²) in [5, 5.41) is 4.92. The first kappa shape index (κ1) is 11.3. The van der Waals surface area contributed by atoms with E-state index in [0.29, 0.717) is 0 Å². The second-order valence-corrected chi connectivity index (χ2v) is 6.53. The van der Waals surface area contributed by atoms with Gasteiger partial charge >= 0.3 is 0 Å². The summed E-state index contributed by atoms with van der Waals surface area (Å²) in [4.78, 5) is 18.3. The molecule has 0 radical (unpaired) electrons. The Labute approximate surface area is 117 Å². The van der Waals surface area contributed by atoms with E-state index in [2.05, 4.69) is 10.3 Å². The van der Waals surface area contributed by atoms with Gasteiger partial charge in [-0.2, -0.15) is 0 Å². The van der Waals surface area contributed by atoms with Gasteiger partial charge in [-0.1, -0.05) is 23.5 Å². The fraction of sp³-hybridized carbons (Fsp3) is 0.231. The van der Waals surface area contributed by atoms with E-state index in [9.17, 15) is 4.79 Å². The predicted molar refractivity (Wildman–Crippen MR) is 78.5 cm³/mol. The molecule has 0 unspecified atom stereocenters. The summed E-state index contributed by atoms with van der Waals surface area (Å²) >= 11 is 3.09. The number of hydrogen-bond donors (Lipinski definition) is 1. The van der Waals surface area contributed by atoms with Gasteiger partial charge in [0.25, 0.3) is 5.56 Å². The van der Waals surface area contributed by atoms with Crippen molar-refractivity contribution in [3.8, 4) is 5.13 Å². The smallest absolute Gasteiger partial charge is 0.275 e. The molecule has 0 amide bonds. The third kappa shape index (κ3) is 1.75. The van der Waals surface area contributed by atoms with Gasteiger partial charge in [0, 0.05) is 24.4 Å². The SMILES string of the molecule is O=c1c2ccccc2sn1-c1nc2c(s1)CNCC2. The molecule has 4 rings (SSSR count). The molecule has 6 heteroatoms. The molecule has 3 heterocycles. The first-order valence-electron chi connectivity index (χ1n) is 6.14. The van der Waals surface area contributed by atoms with Crippen molar-refractivity contribution in [3.05, 3.63) is 45.2 Å². The van der Waals surface area contributed by atoms with Crippen LogP contribution in [0.25, 0.3) is 15.2 Å². The molecule has 0 fully saturated rings. The van der Waals surface area contributed by atoms with Crippen LogP contribution in [-0.4, -0.2) is 15.5 Å². The lowest BCUT2D eigenvalue weighted by atomic mass is 10.2. The molecule has 1 aliphatic heterocycles. The van der Waals surface area contributed by atoms with Gasteiger partial charge in [-0.05, 0) is 23.7 Å². The van der Waals surface area contributed by atoms with Crippen LogP contribution in [0.3, 0.4) is 0 Å². The average molecular weight is 289 g/mol. The second-order valence-electron chi connectivity index (χ2n) is 4.48. The molecule has 0 atom stereocenters. The van der Waals surface area contributed by atoms with Crippen LogP contribution in [0, 0.1) is 0 Å². The Hall–Kier alpha value is -1.50. The van der Waals surface area contributed by atoms with Crippen molar-refractivity contribution < 1.29 is 0 Å². The van der Waals surface area contributed by atoms with Crippen LogP contribution in [0.1, 0.15) is 10.6 Å². The van der Waals surface area contributed by atoms with Crippen LogP contribution in [0.4, 0.5) is 0 Å². The van der Waals surface area contributed by atoms with Crippen LogP contribution < -0.4 is 10.9 Å². The van der Waals surface area contributed by atoms with Crippen molar-refractivity contribution in [1.82, 2.24) is 14.3 Å². The fourth-order valence-electron chi connectivity index (χ4n) is 2.30. The third-order valence-corrected chi connectivity index (χ3v) is 5.53. The minimum atomic E-state index is 0.0413. The zero-order chi connectivity index (χ0) is 12.8. The molecule has 0 saturated heterocycles. The number of thiazole rings is 1. The largest absolute Gasteiger partial charge is 0.311 e. The van der Waals surface area contributed by atoms with Gasteiger partial charge in [0.05, 0.1) is 15.8 Å². The van der Waals surface area contributed by atoms with Gasteiger partial charge in [-0.15, -0.1) is 0 Å². The van der Waals surface area contributed by atoms with E-state index < -0.39 is 0 Å². The minimum absolute atomic E-state index is 0.0413.